The smallest absolute Gasteiger partial charge is 0.123 e. The van der Waals surface area contributed by atoms with Crippen LogP contribution in [0.3, 0.4) is 0 Å². The second kappa shape index (κ2) is 59.7. The van der Waals surface area contributed by atoms with E-state index in [2.05, 4.69) is 253 Å². The zero-order chi connectivity index (χ0) is 94.8. The van der Waals surface area contributed by atoms with Gasteiger partial charge in [-0.25, -0.2) is 8.78 Å². The molecule has 710 valence electrons. The van der Waals surface area contributed by atoms with Crippen molar-refractivity contribution < 1.29 is 19.0 Å². The van der Waals surface area contributed by atoms with Gasteiger partial charge in [-0.15, -0.1) is 0 Å². The van der Waals surface area contributed by atoms with Gasteiger partial charge in [0.15, 0.2) is 0 Å². The van der Waals surface area contributed by atoms with Crippen molar-refractivity contribution in [2.75, 3.05) is 87.3 Å². The Morgan fingerprint density at radius 1 is 0.412 bits per heavy atom. The number of aliphatic hydroxyl groups is 2. The maximum absolute atomic E-state index is 13.4. The highest BCUT2D eigenvalue weighted by molar-refractivity contribution is 5.69. The monoisotopic (exact) mass is 1790 g/mol. The number of halogens is 2. The van der Waals surface area contributed by atoms with Crippen molar-refractivity contribution in [2.45, 2.75) is 263 Å². The first-order valence-corrected chi connectivity index (χ1v) is 48.0. The van der Waals surface area contributed by atoms with E-state index in [-0.39, 0.29) is 23.8 Å². The number of aromatic nitrogens is 12. The Hall–Kier alpha value is -10.6. The molecule has 0 aliphatic heterocycles. The lowest BCUT2D eigenvalue weighted by Crippen LogP contribution is -2.19. The fourth-order valence-corrected chi connectivity index (χ4v) is 15.5. The van der Waals surface area contributed by atoms with E-state index < -0.39 is 0 Å². The normalized spacial score (nSPS) is 11.7. The van der Waals surface area contributed by atoms with Gasteiger partial charge in [-0.3, -0.25) is 29.8 Å². The number of nitrogens with two attached hydrogens (primary N) is 1. The topological polar surface area (TPSA) is 260 Å². The third-order valence-corrected chi connectivity index (χ3v) is 23.3. The Kier molecular flexibility index (Phi) is 49.0. The van der Waals surface area contributed by atoms with Gasteiger partial charge in [0, 0.05) is 120 Å². The highest BCUT2D eigenvalue weighted by Crippen LogP contribution is 2.32. The van der Waals surface area contributed by atoms with Gasteiger partial charge in [0.2, 0.25) is 0 Å². The molecule has 0 radical (unpaired) electrons. The third-order valence-electron chi connectivity index (χ3n) is 23.3. The van der Waals surface area contributed by atoms with E-state index in [0.29, 0.717) is 6.42 Å². The minimum Gasteiger partial charge on any atom is -0.399 e. The van der Waals surface area contributed by atoms with Crippen molar-refractivity contribution in [1.82, 2.24) is 89.7 Å². The van der Waals surface area contributed by atoms with Crippen LogP contribution in [0.2, 0.25) is 0 Å². The lowest BCUT2D eigenvalue weighted by Gasteiger charge is -2.17. The molecule has 0 aliphatic carbocycles. The molecule has 0 amide bonds. The SMILES string of the molecule is CCCCN(C)Cc1cn(CCCC(O)CC)nc1-c1ccc(F)cc1.CCCCN(C)Cc1cn[nH]c1-c1ccc(C)cc1.CCCCN(C)Cc1cn[nH]c1-c1ccc(C)cc1C.CCCCN(C)Cc1cn[nH]c1-c1ccc(CC#N)cc1.CCCCN(C)Cc1cn[nH]c1-c1cccc(N)c1.CCCCN(C)Cc1cnn(CCCC(O)CC)c1-c1ccc(F)cc1. The first-order valence-electron chi connectivity index (χ1n) is 48.0. The maximum Gasteiger partial charge on any atom is 0.123 e. The highest BCUT2D eigenvalue weighted by atomic mass is 19.1. The zero-order valence-corrected chi connectivity index (χ0v) is 82.2. The van der Waals surface area contributed by atoms with Crippen LogP contribution >= 0.6 is 0 Å². The molecule has 131 heavy (non-hydrogen) atoms. The van der Waals surface area contributed by atoms with Gasteiger partial charge in [0.25, 0.3) is 0 Å². The van der Waals surface area contributed by atoms with Crippen molar-refractivity contribution in [1.29, 1.82) is 5.26 Å². The predicted molar refractivity (Wildman–Crippen MR) is 538 cm³/mol. The Bertz CT molecular complexity index is 5100. The molecule has 22 nitrogen and oxygen atoms in total. The third kappa shape index (κ3) is 37.9. The van der Waals surface area contributed by atoms with E-state index in [1.165, 1.54) is 151 Å². The molecule has 0 fully saturated rings. The Morgan fingerprint density at radius 2 is 0.794 bits per heavy atom. The van der Waals surface area contributed by atoms with E-state index >= 15 is 0 Å². The molecule has 0 aliphatic rings. The molecule has 0 spiro atoms. The van der Waals surface area contributed by atoms with Gasteiger partial charge in [0.05, 0.1) is 89.8 Å². The summed E-state index contributed by atoms with van der Waals surface area (Å²) in [7, 11) is 12.9. The second-order valence-corrected chi connectivity index (χ2v) is 35.4. The molecule has 12 rings (SSSR count). The Labute approximate surface area is 782 Å². The number of unbranched alkanes of at least 4 members (excludes halogenated alkanes) is 6. The lowest BCUT2D eigenvalue weighted by atomic mass is 10.0. The molecule has 8 N–H and O–H groups in total. The number of nitrogens with one attached hydrogen (secondary N) is 4. The van der Waals surface area contributed by atoms with Crippen LogP contribution in [0.4, 0.5) is 14.5 Å². The summed E-state index contributed by atoms with van der Waals surface area (Å²) in [6.07, 6.45) is 31.1. The molecule has 0 bridgehead atoms. The quantitative estimate of drug-likeness (QED) is 0.0175. The molecule has 2 atom stereocenters. The van der Waals surface area contributed by atoms with Crippen molar-refractivity contribution in [2.24, 2.45) is 0 Å². The second-order valence-electron chi connectivity index (χ2n) is 35.4. The van der Waals surface area contributed by atoms with E-state index in [1.54, 1.807) is 12.1 Å². The number of anilines is 1. The van der Waals surface area contributed by atoms with Crippen LogP contribution < -0.4 is 5.73 Å². The molecule has 12 aromatic rings. The number of H-pyrrole nitrogens is 4. The van der Waals surface area contributed by atoms with Gasteiger partial charge >= 0.3 is 0 Å². The minimum atomic E-state index is -0.250. The van der Waals surface area contributed by atoms with Crippen molar-refractivity contribution >= 4 is 5.69 Å². The largest absolute Gasteiger partial charge is 0.399 e. The summed E-state index contributed by atoms with van der Waals surface area (Å²) >= 11 is 0. The Balaban J connectivity index is 0.000000216. The molecule has 0 saturated carbocycles. The van der Waals surface area contributed by atoms with Crippen molar-refractivity contribution in [3.8, 4) is 73.6 Å². The van der Waals surface area contributed by atoms with E-state index in [4.69, 9.17) is 16.1 Å². The molecule has 0 saturated heterocycles. The van der Waals surface area contributed by atoms with E-state index in [1.807, 2.05) is 96.7 Å². The summed E-state index contributed by atoms with van der Waals surface area (Å²) in [5.41, 5.74) is 31.8. The number of nitriles is 1. The summed E-state index contributed by atoms with van der Waals surface area (Å²) in [6, 6.07) is 46.5. The van der Waals surface area contributed by atoms with Crippen LogP contribution in [0.1, 0.15) is 227 Å². The summed E-state index contributed by atoms with van der Waals surface area (Å²) < 4.78 is 30.6. The average Bonchev–Trinajstić information content (AvgIpc) is 1.65. The summed E-state index contributed by atoms with van der Waals surface area (Å²) in [6.45, 7) is 37.1. The van der Waals surface area contributed by atoms with Gasteiger partial charge in [-0.2, -0.15) is 35.9 Å². The van der Waals surface area contributed by atoms with Gasteiger partial charge in [-0.1, -0.05) is 184 Å². The predicted octanol–water partition coefficient (Wildman–Crippen LogP) is 22.8. The van der Waals surface area contributed by atoms with Crippen molar-refractivity contribution in [3.63, 3.8) is 0 Å². The average molecular weight is 1790 g/mol. The molecule has 6 heterocycles. The van der Waals surface area contributed by atoms with E-state index in [9.17, 15) is 19.0 Å². The van der Waals surface area contributed by atoms with E-state index in [0.717, 1.165) is 209 Å². The highest BCUT2D eigenvalue weighted by Gasteiger charge is 2.20. The number of hydrogen-bond donors (Lipinski definition) is 7. The minimum absolute atomic E-state index is 0.229. The lowest BCUT2D eigenvalue weighted by molar-refractivity contribution is 0.155. The number of aryl methyl sites for hydroxylation is 5. The van der Waals surface area contributed by atoms with Gasteiger partial charge < -0.3 is 45.3 Å². The van der Waals surface area contributed by atoms with Crippen LogP contribution in [-0.4, -0.2) is 194 Å². The number of nitrogen functional groups attached to an aromatic ring is 1. The standard InChI is InChI=1S/2C21H32FN3O.C17H22N4.C17H25N3.C16H23N3.C15H22N4/c1-4-6-13-24(3)15-18-16-25(14-7-8-20(26)5-2)23-21(18)17-9-11-19(22)12-10-17;1-4-6-13-24(3)16-18-15-23-25(14-7-8-20(26)5-2)21(18)17-9-11-19(22)12-10-17;1-3-4-11-21(2)13-16-12-19-20-17(16)15-7-5-14(6-8-15)9-10-18;1-5-6-9-20(4)12-15-11-18-19-17(15)16-8-7-13(2)10-14(16)3;1-4-5-10-19(3)12-15-11-17-18-16(15)14-8-6-13(2)7-9-14;1-3-4-8-19(2)11-13-10-17-18-15(13)12-6-5-7-14(16)9-12/h9-12,16,20,26H,4-8,13-15H2,1-3H3;9-12,15,20,26H,4-8,13-14,16H2,1-3H3;5-8,12H,3-4,9,11,13H2,1-2H3,(H,19,20);7-8,10-11H,5-6,9,12H2,1-4H3,(H,18,19);6-9,11H,4-5,10,12H2,1-3H3,(H,17,18);5-7,9-10H,3-4,8,11,16H2,1-2H3,(H,17,18). The molecular formula is C107H156F2N20O2. The van der Waals surface area contributed by atoms with Crippen molar-refractivity contribution in [3.05, 3.63) is 244 Å². The van der Waals surface area contributed by atoms with Gasteiger partial charge in [-0.05, 0) is 262 Å². The fraction of sp³-hybridized carbons (Fsp3) is 0.486. The molecule has 24 heteroatoms. The first kappa shape index (κ1) is 107. The molecular weight excluding hydrogens is 1640 g/mol. The number of aromatic amines is 4. The molecule has 6 aromatic heterocycles. The van der Waals surface area contributed by atoms with Crippen LogP contribution in [0, 0.1) is 43.7 Å². The zero-order valence-electron chi connectivity index (χ0n) is 82.2. The Morgan fingerprint density at radius 3 is 1.21 bits per heavy atom. The summed E-state index contributed by atoms with van der Waals surface area (Å²) in [4.78, 5) is 14.0. The van der Waals surface area contributed by atoms with Crippen LogP contribution in [0.5, 0.6) is 0 Å². The maximum atomic E-state index is 13.4. The number of benzene rings is 6. The summed E-state index contributed by atoms with van der Waals surface area (Å²) in [5.74, 6) is -0.462. The van der Waals surface area contributed by atoms with Gasteiger partial charge in [0.1, 0.15) is 11.6 Å². The molecule has 6 aromatic carbocycles. The number of aliphatic hydroxyl groups excluding tert-OH is 2. The van der Waals surface area contributed by atoms with Crippen LogP contribution in [0.15, 0.2) is 177 Å². The number of hydrogen-bond acceptors (Lipinski definition) is 16. The summed E-state index contributed by atoms with van der Waals surface area (Å²) in [5, 5.41) is 66.8. The first-order chi connectivity index (χ1) is 63.3. The number of rotatable bonds is 47. The van der Waals surface area contributed by atoms with Crippen LogP contribution in [0.25, 0.3) is 67.5 Å². The van der Waals surface area contributed by atoms with Crippen LogP contribution in [-0.2, 0) is 58.8 Å². The molecule has 2 unspecified atom stereocenters. The number of nitrogens with zero attached hydrogens (tertiary/aromatic N) is 15. The fourth-order valence-electron chi connectivity index (χ4n) is 15.5.